The van der Waals surface area contributed by atoms with Crippen molar-refractivity contribution in [1.29, 1.82) is 0 Å². The molecular weight excluding hydrogens is 304 g/mol. The summed E-state index contributed by atoms with van der Waals surface area (Å²) in [4.78, 5) is 26.0. The molecule has 0 spiro atoms. The van der Waals surface area contributed by atoms with E-state index < -0.39 is 0 Å². The minimum atomic E-state index is -0.143. The van der Waals surface area contributed by atoms with Gasteiger partial charge in [-0.2, -0.15) is 5.10 Å². The summed E-state index contributed by atoms with van der Waals surface area (Å²) in [5.74, 6) is -0.280. The molecule has 1 aromatic heterocycles. The summed E-state index contributed by atoms with van der Waals surface area (Å²) in [6.45, 7) is 6.88. The van der Waals surface area contributed by atoms with Crippen molar-refractivity contribution in [2.24, 2.45) is 0 Å². The Morgan fingerprint density at radius 2 is 1.96 bits per heavy atom. The van der Waals surface area contributed by atoms with Crippen LogP contribution in [-0.2, 0) is 11.3 Å². The lowest BCUT2D eigenvalue weighted by atomic mass is 10.1. The van der Waals surface area contributed by atoms with Gasteiger partial charge in [0.15, 0.2) is 0 Å². The van der Waals surface area contributed by atoms with Crippen molar-refractivity contribution >= 4 is 11.8 Å². The van der Waals surface area contributed by atoms with E-state index in [9.17, 15) is 9.59 Å². The van der Waals surface area contributed by atoms with Gasteiger partial charge in [-0.1, -0.05) is 12.1 Å². The first-order valence-electron chi connectivity index (χ1n) is 8.14. The van der Waals surface area contributed by atoms with Gasteiger partial charge in [0.25, 0.3) is 5.91 Å². The van der Waals surface area contributed by atoms with Gasteiger partial charge in [0.1, 0.15) is 0 Å². The third-order valence-electron chi connectivity index (χ3n) is 3.56. The van der Waals surface area contributed by atoms with Gasteiger partial charge in [-0.15, -0.1) is 0 Å². The van der Waals surface area contributed by atoms with Gasteiger partial charge in [0, 0.05) is 30.5 Å². The second-order valence-corrected chi connectivity index (χ2v) is 5.94. The molecule has 0 atom stereocenters. The smallest absolute Gasteiger partial charge is 0.254 e. The number of hydrogen-bond donors (Lipinski definition) is 1. The molecule has 0 bridgehead atoms. The van der Waals surface area contributed by atoms with Crippen molar-refractivity contribution < 1.29 is 9.59 Å². The van der Waals surface area contributed by atoms with E-state index in [4.69, 9.17) is 0 Å². The van der Waals surface area contributed by atoms with E-state index in [0.717, 1.165) is 5.56 Å². The molecule has 6 heteroatoms. The van der Waals surface area contributed by atoms with Crippen molar-refractivity contribution in [3.63, 3.8) is 0 Å². The molecule has 0 saturated heterocycles. The predicted octanol–water partition coefficient (Wildman–Crippen LogP) is 1.92. The minimum Gasteiger partial charge on any atom is -0.352 e. The maximum atomic E-state index is 12.6. The fraction of sp³-hybridized carbons (Fsp3) is 0.389. The molecule has 0 aliphatic heterocycles. The molecular formula is C18H24N4O2. The standard InChI is InChI=1S/C18H24N4O2/c1-4-21(13-17(23)20-14(2)3)18(24)16-8-6-15(7-9-16)12-22-11-5-10-19-22/h5-11,14H,4,12-13H2,1-3H3,(H,20,23). The molecule has 0 aliphatic rings. The van der Waals surface area contributed by atoms with Crippen LogP contribution in [0.3, 0.4) is 0 Å². The second kappa shape index (κ2) is 8.29. The number of rotatable bonds is 7. The zero-order chi connectivity index (χ0) is 17.5. The average molecular weight is 328 g/mol. The lowest BCUT2D eigenvalue weighted by Gasteiger charge is -2.21. The molecule has 1 N–H and O–H groups in total. The highest BCUT2D eigenvalue weighted by Gasteiger charge is 2.17. The first kappa shape index (κ1) is 17.7. The van der Waals surface area contributed by atoms with Crippen LogP contribution in [0.4, 0.5) is 0 Å². The van der Waals surface area contributed by atoms with E-state index in [0.29, 0.717) is 18.7 Å². The van der Waals surface area contributed by atoms with Crippen LogP contribution in [0, 0.1) is 0 Å². The third-order valence-corrected chi connectivity index (χ3v) is 3.56. The SMILES string of the molecule is CCN(CC(=O)NC(C)C)C(=O)c1ccc(Cn2cccn2)cc1. The summed E-state index contributed by atoms with van der Waals surface area (Å²) in [6.07, 6.45) is 3.63. The number of amides is 2. The average Bonchev–Trinajstić information content (AvgIpc) is 3.05. The number of nitrogens with zero attached hydrogens (tertiary/aromatic N) is 3. The van der Waals surface area contributed by atoms with Crippen molar-refractivity contribution in [3.05, 3.63) is 53.9 Å². The number of likely N-dealkylation sites (N-methyl/N-ethyl adjacent to an activating group) is 1. The van der Waals surface area contributed by atoms with Crippen molar-refractivity contribution in [2.45, 2.75) is 33.4 Å². The molecule has 0 unspecified atom stereocenters. The van der Waals surface area contributed by atoms with Gasteiger partial charge >= 0.3 is 0 Å². The molecule has 128 valence electrons. The number of carbonyl (C=O) groups excluding carboxylic acids is 2. The normalized spacial score (nSPS) is 10.7. The van der Waals surface area contributed by atoms with Crippen LogP contribution >= 0.6 is 0 Å². The lowest BCUT2D eigenvalue weighted by Crippen LogP contribution is -2.42. The Bertz CT molecular complexity index is 663. The highest BCUT2D eigenvalue weighted by atomic mass is 16.2. The van der Waals surface area contributed by atoms with E-state index in [2.05, 4.69) is 10.4 Å². The van der Waals surface area contributed by atoms with Crippen LogP contribution in [-0.4, -0.2) is 45.6 Å². The maximum absolute atomic E-state index is 12.6. The van der Waals surface area contributed by atoms with Crippen molar-refractivity contribution in [2.75, 3.05) is 13.1 Å². The summed E-state index contributed by atoms with van der Waals surface area (Å²) in [5, 5.41) is 6.97. The Balaban J connectivity index is 2.00. The van der Waals surface area contributed by atoms with Crippen LogP contribution in [0.5, 0.6) is 0 Å². The number of aromatic nitrogens is 2. The summed E-state index contributed by atoms with van der Waals surface area (Å²) in [5.41, 5.74) is 1.65. The van der Waals surface area contributed by atoms with E-state index in [1.165, 1.54) is 0 Å². The van der Waals surface area contributed by atoms with Crippen LogP contribution in [0.1, 0.15) is 36.7 Å². The molecule has 0 aliphatic carbocycles. The third kappa shape index (κ3) is 4.94. The number of carbonyl (C=O) groups is 2. The number of hydrogen-bond acceptors (Lipinski definition) is 3. The fourth-order valence-corrected chi connectivity index (χ4v) is 2.38. The Morgan fingerprint density at radius 1 is 1.25 bits per heavy atom. The van der Waals surface area contributed by atoms with Crippen LogP contribution in [0.25, 0.3) is 0 Å². The van der Waals surface area contributed by atoms with E-state index in [1.54, 1.807) is 23.2 Å². The van der Waals surface area contributed by atoms with Crippen molar-refractivity contribution in [1.82, 2.24) is 20.0 Å². The van der Waals surface area contributed by atoms with E-state index in [-0.39, 0.29) is 24.4 Å². The Kier molecular flexibility index (Phi) is 6.12. The predicted molar refractivity (Wildman–Crippen MR) is 92.6 cm³/mol. The van der Waals surface area contributed by atoms with Crippen LogP contribution in [0.15, 0.2) is 42.7 Å². The largest absolute Gasteiger partial charge is 0.352 e. The van der Waals surface area contributed by atoms with Gasteiger partial charge in [0.2, 0.25) is 5.91 Å². The Hall–Kier alpha value is -2.63. The second-order valence-electron chi connectivity index (χ2n) is 5.94. The van der Waals surface area contributed by atoms with Gasteiger partial charge in [-0.05, 0) is 44.5 Å². The van der Waals surface area contributed by atoms with Crippen molar-refractivity contribution in [3.8, 4) is 0 Å². The summed E-state index contributed by atoms with van der Waals surface area (Å²) in [6, 6.07) is 9.36. The number of nitrogens with one attached hydrogen (secondary N) is 1. The fourth-order valence-electron chi connectivity index (χ4n) is 2.38. The topological polar surface area (TPSA) is 67.2 Å². The molecule has 1 aromatic carbocycles. The molecule has 0 fully saturated rings. The van der Waals surface area contributed by atoms with Gasteiger partial charge in [-0.25, -0.2) is 0 Å². The summed E-state index contributed by atoms with van der Waals surface area (Å²) < 4.78 is 1.82. The quantitative estimate of drug-likeness (QED) is 0.844. The summed E-state index contributed by atoms with van der Waals surface area (Å²) in [7, 11) is 0. The van der Waals surface area contributed by atoms with E-state index in [1.807, 2.05) is 49.8 Å². The monoisotopic (exact) mass is 328 g/mol. The molecule has 24 heavy (non-hydrogen) atoms. The molecule has 1 heterocycles. The maximum Gasteiger partial charge on any atom is 0.254 e. The van der Waals surface area contributed by atoms with E-state index >= 15 is 0 Å². The number of benzene rings is 1. The molecule has 6 nitrogen and oxygen atoms in total. The molecule has 2 rings (SSSR count). The molecule has 2 amide bonds. The van der Waals surface area contributed by atoms with Crippen LogP contribution in [0.2, 0.25) is 0 Å². The molecule has 2 aromatic rings. The van der Waals surface area contributed by atoms with Gasteiger partial charge < -0.3 is 10.2 Å². The Morgan fingerprint density at radius 3 is 2.50 bits per heavy atom. The zero-order valence-electron chi connectivity index (χ0n) is 14.4. The molecule has 0 radical (unpaired) electrons. The zero-order valence-corrected chi connectivity index (χ0v) is 14.4. The first-order chi connectivity index (χ1) is 11.5. The Labute approximate surface area is 142 Å². The summed E-state index contributed by atoms with van der Waals surface area (Å²) >= 11 is 0. The van der Waals surface area contributed by atoms with Gasteiger partial charge in [-0.3, -0.25) is 14.3 Å². The highest BCUT2D eigenvalue weighted by molar-refractivity contribution is 5.96. The highest BCUT2D eigenvalue weighted by Crippen LogP contribution is 2.09. The first-order valence-corrected chi connectivity index (χ1v) is 8.14. The lowest BCUT2D eigenvalue weighted by molar-refractivity contribution is -0.122. The van der Waals surface area contributed by atoms with Crippen LogP contribution < -0.4 is 5.32 Å². The minimum absolute atomic E-state index is 0.0629. The molecule has 0 saturated carbocycles. The van der Waals surface area contributed by atoms with Gasteiger partial charge in [0.05, 0.1) is 13.1 Å².